The molecule has 1 aromatic carbocycles. The Morgan fingerprint density at radius 3 is 2.05 bits per heavy atom. The minimum absolute atomic E-state index is 0. The standard InChI is InChI=1S/C14H23NO5.ClH/c1-19-13-2-4-14(5-3-13)20-11-12(18)10-15(6-8-16)7-9-17;/h2-5,12,16-18H,6-11H2,1H3;1H. The Bertz CT molecular complexity index is 357. The van der Waals surface area contributed by atoms with Gasteiger partial charge in [0.2, 0.25) is 0 Å². The van der Waals surface area contributed by atoms with Crippen molar-refractivity contribution in [1.82, 2.24) is 4.90 Å². The van der Waals surface area contributed by atoms with Crippen molar-refractivity contribution in [1.29, 1.82) is 0 Å². The normalized spacial score (nSPS) is 11.9. The third-order valence-corrected chi connectivity index (χ3v) is 2.80. The van der Waals surface area contributed by atoms with E-state index in [0.29, 0.717) is 25.4 Å². The fraction of sp³-hybridized carbons (Fsp3) is 0.571. The van der Waals surface area contributed by atoms with Gasteiger partial charge in [-0.25, -0.2) is 0 Å². The highest BCUT2D eigenvalue weighted by Crippen LogP contribution is 2.17. The number of hydrogen-bond donors (Lipinski definition) is 3. The van der Waals surface area contributed by atoms with Gasteiger partial charge >= 0.3 is 0 Å². The first kappa shape index (κ1) is 19.9. The molecule has 0 radical (unpaired) electrons. The van der Waals surface area contributed by atoms with E-state index in [4.69, 9.17) is 19.7 Å². The van der Waals surface area contributed by atoms with Crippen LogP contribution in [0.1, 0.15) is 0 Å². The second kappa shape index (κ2) is 11.6. The second-order valence-electron chi connectivity index (χ2n) is 4.39. The molecule has 1 aromatic rings. The van der Waals surface area contributed by atoms with E-state index in [1.165, 1.54) is 0 Å². The molecule has 1 rings (SSSR count). The minimum Gasteiger partial charge on any atom is -0.497 e. The van der Waals surface area contributed by atoms with Crippen LogP contribution in [0.2, 0.25) is 0 Å². The van der Waals surface area contributed by atoms with Crippen LogP contribution in [0.3, 0.4) is 0 Å². The fourth-order valence-electron chi connectivity index (χ4n) is 1.79. The molecule has 0 saturated heterocycles. The summed E-state index contributed by atoms with van der Waals surface area (Å²) in [5.74, 6) is 1.40. The summed E-state index contributed by atoms with van der Waals surface area (Å²) in [6.07, 6.45) is -0.685. The van der Waals surface area contributed by atoms with Gasteiger partial charge in [0.1, 0.15) is 24.2 Å². The topological polar surface area (TPSA) is 82.4 Å². The van der Waals surface area contributed by atoms with Gasteiger partial charge in [0, 0.05) is 19.6 Å². The van der Waals surface area contributed by atoms with Gasteiger partial charge in [-0.05, 0) is 24.3 Å². The van der Waals surface area contributed by atoms with Crippen molar-refractivity contribution in [3.63, 3.8) is 0 Å². The molecule has 1 atom stereocenters. The maximum absolute atomic E-state index is 9.88. The van der Waals surface area contributed by atoms with E-state index in [2.05, 4.69) is 0 Å². The van der Waals surface area contributed by atoms with Gasteiger partial charge in [0.05, 0.1) is 20.3 Å². The van der Waals surface area contributed by atoms with E-state index >= 15 is 0 Å². The lowest BCUT2D eigenvalue weighted by Crippen LogP contribution is -2.38. The molecule has 0 aliphatic rings. The van der Waals surface area contributed by atoms with Crippen molar-refractivity contribution in [2.75, 3.05) is 46.6 Å². The Labute approximate surface area is 131 Å². The molecule has 0 aliphatic heterocycles. The Morgan fingerprint density at radius 2 is 1.57 bits per heavy atom. The van der Waals surface area contributed by atoms with Crippen molar-refractivity contribution in [2.24, 2.45) is 0 Å². The molecule has 122 valence electrons. The Kier molecular flexibility index (Phi) is 11.0. The molecule has 0 spiro atoms. The summed E-state index contributed by atoms with van der Waals surface area (Å²) in [6, 6.07) is 7.10. The van der Waals surface area contributed by atoms with Crippen LogP contribution in [0.25, 0.3) is 0 Å². The molecule has 21 heavy (non-hydrogen) atoms. The van der Waals surface area contributed by atoms with Crippen LogP contribution in [0, 0.1) is 0 Å². The van der Waals surface area contributed by atoms with Crippen LogP contribution in [0.5, 0.6) is 11.5 Å². The van der Waals surface area contributed by atoms with Crippen LogP contribution in [-0.2, 0) is 0 Å². The molecule has 0 aromatic heterocycles. The maximum Gasteiger partial charge on any atom is 0.119 e. The van der Waals surface area contributed by atoms with Crippen molar-refractivity contribution in [3.8, 4) is 11.5 Å². The van der Waals surface area contributed by atoms with Crippen LogP contribution in [0.4, 0.5) is 0 Å². The Morgan fingerprint density at radius 1 is 1.05 bits per heavy atom. The number of aliphatic hydroxyl groups excluding tert-OH is 3. The molecular formula is C14H24ClNO5. The maximum atomic E-state index is 9.88. The highest BCUT2D eigenvalue weighted by atomic mass is 35.5. The molecular weight excluding hydrogens is 298 g/mol. The minimum atomic E-state index is -0.685. The van der Waals surface area contributed by atoms with Crippen LogP contribution in [-0.4, -0.2) is 72.9 Å². The molecule has 6 nitrogen and oxygen atoms in total. The van der Waals surface area contributed by atoms with E-state index in [1.54, 1.807) is 36.3 Å². The Hall–Kier alpha value is -1.05. The van der Waals surface area contributed by atoms with Crippen molar-refractivity contribution in [2.45, 2.75) is 6.10 Å². The summed E-state index contributed by atoms with van der Waals surface area (Å²) >= 11 is 0. The predicted molar refractivity (Wildman–Crippen MR) is 82.4 cm³/mol. The monoisotopic (exact) mass is 321 g/mol. The van der Waals surface area contributed by atoms with Crippen LogP contribution < -0.4 is 9.47 Å². The first-order chi connectivity index (χ1) is 9.69. The molecule has 0 heterocycles. The van der Waals surface area contributed by atoms with Crippen LogP contribution in [0.15, 0.2) is 24.3 Å². The first-order valence-corrected chi connectivity index (χ1v) is 6.58. The van der Waals surface area contributed by atoms with Gasteiger partial charge in [0.25, 0.3) is 0 Å². The zero-order valence-corrected chi connectivity index (χ0v) is 13.0. The van der Waals surface area contributed by atoms with Crippen molar-refractivity contribution < 1.29 is 24.8 Å². The number of benzene rings is 1. The van der Waals surface area contributed by atoms with Crippen molar-refractivity contribution >= 4 is 12.4 Å². The molecule has 3 N–H and O–H groups in total. The summed E-state index contributed by atoms with van der Waals surface area (Å²) in [5.41, 5.74) is 0. The third kappa shape index (κ3) is 8.08. The molecule has 7 heteroatoms. The lowest BCUT2D eigenvalue weighted by Gasteiger charge is -2.23. The molecule has 1 unspecified atom stereocenters. The molecule has 0 aliphatic carbocycles. The molecule has 0 amide bonds. The van der Waals surface area contributed by atoms with Gasteiger partial charge < -0.3 is 24.8 Å². The van der Waals surface area contributed by atoms with E-state index in [9.17, 15) is 5.11 Å². The van der Waals surface area contributed by atoms with E-state index in [-0.39, 0.29) is 32.2 Å². The largest absolute Gasteiger partial charge is 0.497 e. The number of rotatable bonds is 10. The molecule has 0 bridgehead atoms. The van der Waals surface area contributed by atoms with E-state index in [1.807, 2.05) is 0 Å². The molecule has 0 fully saturated rings. The number of hydrogen-bond acceptors (Lipinski definition) is 6. The predicted octanol–water partition coefficient (Wildman–Crippen LogP) is 0.143. The first-order valence-electron chi connectivity index (χ1n) is 6.58. The number of nitrogens with zero attached hydrogens (tertiary/aromatic N) is 1. The quantitative estimate of drug-likeness (QED) is 0.569. The van der Waals surface area contributed by atoms with E-state index in [0.717, 1.165) is 5.75 Å². The number of aliphatic hydroxyl groups is 3. The van der Waals surface area contributed by atoms with Gasteiger partial charge in [0.15, 0.2) is 0 Å². The SMILES string of the molecule is COc1ccc(OCC(O)CN(CCO)CCO)cc1.Cl. The average molecular weight is 322 g/mol. The third-order valence-electron chi connectivity index (χ3n) is 2.80. The lowest BCUT2D eigenvalue weighted by atomic mass is 10.3. The zero-order chi connectivity index (χ0) is 14.8. The summed E-state index contributed by atoms with van der Waals surface area (Å²) in [4.78, 5) is 1.78. The van der Waals surface area contributed by atoms with Crippen LogP contribution >= 0.6 is 12.4 Å². The summed E-state index contributed by atoms with van der Waals surface area (Å²) in [6.45, 7) is 1.31. The Balaban J connectivity index is 0.00000400. The zero-order valence-electron chi connectivity index (χ0n) is 12.1. The fourth-order valence-corrected chi connectivity index (χ4v) is 1.79. The highest BCUT2D eigenvalue weighted by molar-refractivity contribution is 5.85. The van der Waals surface area contributed by atoms with Gasteiger partial charge in [-0.2, -0.15) is 0 Å². The molecule has 0 saturated carbocycles. The lowest BCUT2D eigenvalue weighted by molar-refractivity contribution is 0.0552. The smallest absolute Gasteiger partial charge is 0.119 e. The number of methoxy groups -OCH3 is 1. The number of ether oxygens (including phenoxy) is 2. The summed E-state index contributed by atoms with van der Waals surface area (Å²) in [7, 11) is 1.59. The highest BCUT2D eigenvalue weighted by Gasteiger charge is 2.11. The van der Waals surface area contributed by atoms with Gasteiger partial charge in [-0.3, -0.25) is 4.90 Å². The van der Waals surface area contributed by atoms with E-state index < -0.39 is 6.10 Å². The number of halogens is 1. The van der Waals surface area contributed by atoms with Gasteiger partial charge in [-0.15, -0.1) is 12.4 Å². The van der Waals surface area contributed by atoms with Gasteiger partial charge in [-0.1, -0.05) is 0 Å². The average Bonchev–Trinajstić information content (AvgIpc) is 2.46. The second-order valence-corrected chi connectivity index (χ2v) is 4.39. The summed E-state index contributed by atoms with van der Waals surface area (Å²) in [5, 5.41) is 27.7. The van der Waals surface area contributed by atoms with Crippen molar-refractivity contribution in [3.05, 3.63) is 24.3 Å². The summed E-state index contributed by atoms with van der Waals surface area (Å²) < 4.78 is 10.5.